The maximum atomic E-state index is 8.84. The van der Waals surface area contributed by atoms with Crippen LogP contribution >= 0.6 is 0 Å². The molecule has 4 nitrogen and oxygen atoms in total. The van der Waals surface area contributed by atoms with Crippen molar-refractivity contribution < 1.29 is 14.6 Å². The zero-order valence-corrected chi connectivity index (χ0v) is 16.7. The van der Waals surface area contributed by atoms with Crippen molar-refractivity contribution in [2.45, 2.75) is 26.1 Å². The molecule has 0 saturated carbocycles. The van der Waals surface area contributed by atoms with E-state index >= 15 is 0 Å². The Morgan fingerprint density at radius 2 is 1.28 bits per heavy atom. The largest absolute Gasteiger partial charge is 0.485 e. The minimum atomic E-state index is 0.172. The predicted octanol–water partition coefficient (Wildman–Crippen LogP) is 4.36. The molecule has 0 fully saturated rings. The highest BCUT2D eigenvalue weighted by Crippen LogP contribution is 2.30. The summed E-state index contributed by atoms with van der Waals surface area (Å²) < 4.78 is 12.2. The van der Waals surface area contributed by atoms with Gasteiger partial charge in [0.15, 0.2) is 11.5 Å². The van der Waals surface area contributed by atoms with Gasteiger partial charge in [-0.15, -0.1) is 0 Å². The number of ether oxygens (including phenoxy) is 2. The molecule has 0 bridgehead atoms. The van der Waals surface area contributed by atoms with Crippen molar-refractivity contribution >= 4 is 0 Å². The van der Waals surface area contributed by atoms with Gasteiger partial charge in [-0.25, -0.2) is 0 Å². The molecule has 4 heteroatoms. The molecule has 0 saturated heterocycles. The fourth-order valence-corrected chi connectivity index (χ4v) is 3.03. The molecule has 0 unspecified atom stereocenters. The van der Waals surface area contributed by atoms with Crippen LogP contribution in [-0.2, 0) is 19.6 Å². The van der Waals surface area contributed by atoms with Gasteiger partial charge in [0.25, 0.3) is 0 Å². The lowest BCUT2D eigenvalue weighted by atomic mass is 10.1. The maximum absolute atomic E-state index is 8.84. The van der Waals surface area contributed by atoms with Gasteiger partial charge in [-0.1, -0.05) is 66.7 Å². The Kier molecular flexibility index (Phi) is 8.57. The highest BCUT2D eigenvalue weighted by atomic mass is 16.5. The van der Waals surface area contributed by atoms with Crippen LogP contribution in [0.2, 0.25) is 0 Å². The molecule has 29 heavy (non-hydrogen) atoms. The van der Waals surface area contributed by atoms with Crippen molar-refractivity contribution in [1.29, 1.82) is 0 Å². The van der Waals surface area contributed by atoms with Crippen LogP contribution in [0.5, 0.6) is 11.5 Å². The summed E-state index contributed by atoms with van der Waals surface area (Å²) >= 11 is 0. The van der Waals surface area contributed by atoms with Crippen molar-refractivity contribution in [3.05, 3.63) is 95.6 Å². The van der Waals surface area contributed by atoms with Crippen LogP contribution in [0.1, 0.15) is 23.1 Å². The zero-order chi connectivity index (χ0) is 20.2. The molecule has 0 heterocycles. The Morgan fingerprint density at radius 1 is 0.655 bits per heavy atom. The molecule has 3 aromatic rings. The Balaban J connectivity index is 1.65. The molecule has 0 amide bonds. The molecule has 0 aliphatic rings. The van der Waals surface area contributed by atoms with E-state index in [1.165, 1.54) is 5.56 Å². The Bertz CT molecular complexity index is 837. The van der Waals surface area contributed by atoms with Crippen LogP contribution in [-0.4, -0.2) is 24.8 Å². The number of hydrogen-bond acceptors (Lipinski definition) is 4. The number of aliphatic hydroxyl groups excluding tert-OH is 1. The lowest BCUT2D eigenvalue weighted by Gasteiger charge is -2.15. The molecule has 2 N–H and O–H groups in total. The van der Waals surface area contributed by atoms with Crippen LogP contribution < -0.4 is 14.8 Å². The average molecular weight is 392 g/mol. The van der Waals surface area contributed by atoms with Crippen molar-refractivity contribution in [3.8, 4) is 11.5 Å². The van der Waals surface area contributed by atoms with Gasteiger partial charge in [-0.05, 0) is 48.2 Å². The number of rotatable bonds is 12. The van der Waals surface area contributed by atoms with Gasteiger partial charge < -0.3 is 19.9 Å². The molecule has 0 spiro atoms. The van der Waals surface area contributed by atoms with Gasteiger partial charge in [0.2, 0.25) is 0 Å². The molecule has 0 aliphatic carbocycles. The van der Waals surface area contributed by atoms with Gasteiger partial charge in [0.05, 0.1) is 6.61 Å². The summed E-state index contributed by atoms with van der Waals surface area (Å²) in [5.74, 6) is 1.53. The van der Waals surface area contributed by atoms with Gasteiger partial charge in [0.1, 0.15) is 13.2 Å². The van der Waals surface area contributed by atoms with Crippen molar-refractivity contribution in [1.82, 2.24) is 5.32 Å². The first-order valence-electron chi connectivity index (χ1n) is 10.1. The maximum Gasteiger partial charge on any atom is 0.161 e. The third-order valence-corrected chi connectivity index (χ3v) is 4.59. The van der Waals surface area contributed by atoms with E-state index in [0.29, 0.717) is 19.8 Å². The first-order valence-corrected chi connectivity index (χ1v) is 10.1. The van der Waals surface area contributed by atoms with E-state index in [1.54, 1.807) is 0 Å². The summed E-state index contributed by atoms with van der Waals surface area (Å²) in [6.07, 6.45) is 1.95. The lowest BCUT2D eigenvalue weighted by Crippen LogP contribution is -2.19. The van der Waals surface area contributed by atoms with E-state index in [9.17, 15) is 0 Å². The van der Waals surface area contributed by atoms with Crippen molar-refractivity contribution in [3.63, 3.8) is 0 Å². The monoisotopic (exact) mass is 391 g/mol. The van der Waals surface area contributed by atoms with Crippen LogP contribution in [0.25, 0.3) is 0 Å². The summed E-state index contributed by atoms with van der Waals surface area (Å²) in [7, 11) is 0. The van der Waals surface area contributed by atoms with Gasteiger partial charge in [0, 0.05) is 6.54 Å². The molecule has 152 valence electrons. The quantitative estimate of drug-likeness (QED) is 0.451. The van der Waals surface area contributed by atoms with Crippen LogP contribution in [0.3, 0.4) is 0 Å². The second-order valence-electron chi connectivity index (χ2n) is 6.91. The summed E-state index contributed by atoms with van der Waals surface area (Å²) in [5, 5.41) is 12.1. The van der Waals surface area contributed by atoms with E-state index in [1.807, 2.05) is 42.5 Å². The molecule has 0 aliphatic heterocycles. The Hall–Kier alpha value is -2.82. The Labute approximate surface area is 173 Å². The van der Waals surface area contributed by atoms with E-state index in [2.05, 4.69) is 41.7 Å². The fraction of sp³-hybridized carbons (Fsp3) is 0.280. The van der Waals surface area contributed by atoms with Crippen molar-refractivity contribution in [2.24, 2.45) is 0 Å². The van der Waals surface area contributed by atoms with Crippen molar-refractivity contribution in [2.75, 3.05) is 19.7 Å². The average Bonchev–Trinajstić information content (AvgIpc) is 2.78. The van der Waals surface area contributed by atoms with E-state index < -0.39 is 0 Å². The summed E-state index contributed by atoms with van der Waals surface area (Å²) in [5.41, 5.74) is 3.46. The van der Waals surface area contributed by atoms with Crippen LogP contribution in [0.4, 0.5) is 0 Å². The summed E-state index contributed by atoms with van der Waals surface area (Å²) in [6, 6.07) is 26.5. The molecular weight excluding hydrogens is 362 g/mol. The topological polar surface area (TPSA) is 50.7 Å². The fourth-order valence-electron chi connectivity index (χ4n) is 3.03. The highest BCUT2D eigenvalue weighted by molar-refractivity contribution is 5.43. The summed E-state index contributed by atoms with van der Waals surface area (Å²) in [4.78, 5) is 0. The minimum Gasteiger partial charge on any atom is -0.485 e. The zero-order valence-electron chi connectivity index (χ0n) is 16.7. The number of benzene rings is 3. The normalized spacial score (nSPS) is 10.7. The second kappa shape index (κ2) is 11.9. The molecule has 3 aromatic carbocycles. The number of aliphatic hydroxyl groups is 1. The second-order valence-corrected chi connectivity index (χ2v) is 6.91. The number of hydrogen-bond donors (Lipinski definition) is 2. The van der Waals surface area contributed by atoms with Gasteiger partial charge in [-0.3, -0.25) is 0 Å². The third-order valence-electron chi connectivity index (χ3n) is 4.59. The first-order chi connectivity index (χ1) is 14.3. The lowest BCUT2D eigenvalue weighted by molar-refractivity contribution is 0.255. The minimum absolute atomic E-state index is 0.172. The number of aryl methyl sites for hydroxylation is 1. The molecule has 0 atom stereocenters. The van der Waals surface area contributed by atoms with E-state index in [4.69, 9.17) is 14.6 Å². The SMILES string of the molecule is OCCNCCCc1ccc(OCc2ccccc2)c(OCc2ccccc2)c1. The highest BCUT2D eigenvalue weighted by Gasteiger charge is 2.08. The third kappa shape index (κ3) is 7.26. The molecule has 0 aromatic heterocycles. The van der Waals surface area contributed by atoms with E-state index in [-0.39, 0.29) is 6.61 Å². The standard InChI is InChI=1S/C25H29NO3/c27-17-16-26-15-7-12-21-13-14-24(28-19-22-8-3-1-4-9-22)25(18-21)29-20-23-10-5-2-6-11-23/h1-6,8-11,13-14,18,26-27H,7,12,15-17,19-20H2. The van der Waals surface area contributed by atoms with Crippen LogP contribution in [0, 0.1) is 0 Å². The molecule has 3 rings (SSSR count). The predicted molar refractivity (Wildman–Crippen MR) is 116 cm³/mol. The van der Waals surface area contributed by atoms with E-state index in [0.717, 1.165) is 42.0 Å². The van der Waals surface area contributed by atoms with Gasteiger partial charge in [-0.2, -0.15) is 0 Å². The molecule has 0 radical (unpaired) electrons. The van der Waals surface area contributed by atoms with Crippen LogP contribution in [0.15, 0.2) is 78.9 Å². The molecular formula is C25H29NO3. The first kappa shape index (κ1) is 20.9. The Morgan fingerprint density at radius 3 is 1.90 bits per heavy atom. The number of nitrogens with one attached hydrogen (secondary N) is 1. The smallest absolute Gasteiger partial charge is 0.161 e. The van der Waals surface area contributed by atoms with Gasteiger partial charge >= 0.3 is 0 Å². The summed E-state index contributed by atoms with van der Waals surface area (Å²) in [6.45, 7) is 2.70.